The topological polar surface area (TPSA) is 147 Å². The Kier molecular flexibility index (Phi) is 18.1. The van der Waals surface area contributed by atoms with Crippen LogP contribution in [0.5, 0.6) is 0 Å². The van der Waals surface area contributed by atoms with Gasteiger partial charge in [-0.2, -0.15) is 0 Å². The van der Waals surface area contributed by atoms with E-state index in [1.54, 1.807) is 46.9 Å². The third-order valence-electron chi connectivity index (χ3n) is 11.5. The molecular weight excluding hydrogens is 714 g/mol. The Morgan fingerprint density at radius 2 is 1.59 bits per heavy atom. The van der Waals surface area contributed by atoms with Gasteiger partial charge in [-0.1, -0.05) is 77.5 Å². The van der Waals surface area contributed by atoms with E-state index in [1.807, 2.05) is 63.8 Å². The normalized spacial score (nSPS) is 21.9. The van der Waals surface area contributed by atoms with Crippen LogP contribution in [-0.4, -0.2) is 128 Å². The number of ether oxygens (including phenoxy) is 3. The SMILES string of the molecule is CC[C@H](C)[C@@H](C(CC(=O)N1CCC[C@H]1[C@H](OC)C(C)C(=O)NCCC1C=CC=CC=C1)OC)N(C)C(=O)[C@@H](NC(=O)C1CCN(C(=O)OC(C)(C)C)C1)C(C)C. The van der Waals surface area contributed by atoms with Gasteiger partial charge in [-0.25, -0.2) is 4.79 Å². The number of hydrogen-bond acceptors (Lipinski definition) is 8. The molecule has 8 atom stereocenters. The van der Waals surface area contributed by atoms with Gasteiger partial charge in [-0.15, -0.1) is 0 Å². The van der Waals surface area contributed by atoms with Crippen LogP contribution < -0.4 is 10.6 Å². The first-order valence-corrected chi connectivity index (χ1v) is 20.6. The van der Waals surface area contributed by atoms with Gasteiger partial charge >= 0.3 is 6.09 Å². The standard InChI is InChI=1S/C43H71N5O8/c1-12-29(4)37(46(9)41(52)36(28(2)3)45-40(51)32-22-25-47(27-32)42(53)56-43(6,7)8)34(54-10)26-35(49)48-24-17-20-33(48)38(55-11)30(5)39(50)44-23-21-31-18-15-13-14-16-19-31/h13-16,18-19,28-34,36-38H,12,17,20-27H2,1-11H3,(H,44,50)(H,45,51)/t29-,30?,32?,33-,34?,36-,37-,38+/m0/s1. The number of rotatable bonds is 18. The molecular formula is C43H71N5O8. The van der Waals surface area contributed by atoms with Gasteiger partial charge in [0.25, 0.3) is 0 Å². The molecule has 5 amide bonds. The summed E-state index contributed by atoms with van der Waals surface area (Å²) < 4.78 is 17.5. The molecule has 13 nitrogen and oxygen atoms in total. The number of likely N-dealkylation sites (N-methyl/N-ethyl adjacent to an activating group) is 1. The number of methoxy groups -OCH3 is 2. The molecule has 2 fully saturated rings. The predicted octanol–water partition coefficient (Wildman–Crippen LogP) is 5.11. The van der Waals surface area contributed by atoms with Gasteiger partial charge in [-0.3, -0.25) is 19.2 Å². The summed E-state index contributed by atoms with van der Waals surface area (Å²) in [6, 6.07) is -1.57. The van der Waals surface area contributed by atoms with Crippen molar-refractivity contribution in [3.8, 4) is 0 Å². The van der Waals surface area contributed by atoms with E-state index in [2.05, 4.69) is 22.8 Å². The van der Waals surface area contributed by atoms with E-state index in [0.29, 0.717) is 32.5 Å². The molecule has 3 aliphatic rings. The Labute approximate surface area is 336 Å². The van der Waals surface area contributed by atoms with Crippen LogP contribution in [0.15, 0.2) is 36.5 Å². The molecule has 0 radical (unpaired) electrons. The predicted molar refractivity (Wildman–Crippen MR) is 217 cm³/mol. The number of likely N-dealkylation sites (tertiary alicyclic amines) is 2. The second-order valence-electron chi connectivity index (χ2n) is 17.1. The molecule has 2 aliphatic heterocycles. The maximum absolute atomic E-state index is 14.3. The molecule has 2 heterocycles. The molecule has 3 unspecified atom stereocenters. The van der Waals surface area contributed by atoms with Gasteiger partial charge in [0, 0.05) is 47.4 Å². The van der Waals surface area contributed by atoms with E-state index in [9.17, 15) is 24.0 Å². The lowest BCUT2D eigenvalue weighted by Gasteiger charge is -2.41. The summed E-state index contributed by atoms with van der Waals surface area (Å²) in [7, 11) is 4.87. The number of nitrogens with one attached hydrogen (secondary N) is 2. The van der Waals surface area contributed by atoms with Crippen LogP contribution in [0, 0.1) is 29.6 Å². The average molecular weight is 786 g/mol. The second-order valence-corrected chi connectivity index (χ2v) is 17.1. The Balaban J connectivity index is 1.68. The quantitative estimate of drug-likeness (QED) is 0.195. The fourth-order valence-corrected chi connectivity index (χ4v) is 8.10. The zero-order chi connectivity index (χ0) is 41.7. The van der Waals surface area contributed by atoms with E-state index in [-0.39, 0.29) is 60.4 Å². The molecule has 2 saturated heterocycles. The molecule has 0 aromatic carbocycles. The van der Waals surface area contributed by atoms with E-state index >= 15 is 0 Å². The van der Waals surface area contributed by atoms with Crippen molar-refractivity contribution in [2.24, 2.45) is 29.6 Å². The molecule has 0 spiro atoms. The van der Waals surface area contributed by atoms with Crippen molar-refractivity contribution in [2.75, 3.05) is 47.4 Å². The van der Waals surface area contributed by atoms with Crippen LogP contribution in [0.3, 0.4) is 0 Å². The second kappa shape index (κ2) is 21.7. The summed E-state index contributed by atoms with van der Waals surface area (Å²) in [6.45, 7) is 16.8. The fourth-order valence-electron chi connectivity index (χ4n) is 8.10. The molecule has 0 aromatic rings. The molecule has 0 aromatic heterocycles. The molecule has 13 heteroatoms. The summed E-state index contributed by atoms with van der Waals surface area (Å²) in [5.41, 5.74) is -0.643. The number of amides is 5. The van der Waals surface area contributed by atoms with Crippen molar-refractivity contribution in [1.82, 2.24) is 25.3 Å². The van der Waals surface area contributed by atoms with Crippen molar-refractivity contribution in [2.45, 2.75) is 130 Å². The van der Waals surface area contributed by atoms with E-state index < -0.39 is 47.8 Å². The number of carbonyl (C=O) groups excluding carboxylic acids is 5. The fraction of sp³-hybridized carbons (Fsp3) is 0.744. The zero-order valence-corrected chi connectivity index (χ0v) is 35.9. The molecule has 0 bridgehead atoms. The van der Waals surface area contributed by atoms with Gasteiger partial charge in [-0.05, 0) is 64.2 Å². The Hall–Kier alpha value is -3.71. The molecule has 1 aliphatic carbocycles. The first-order chi connectivity index (χ1) is 26.4. The van der Waals surface area contributed by atoms with Crippen LogP contribution in [0.2, 0.25) is 0 Å². The third-order valence-corrected chi connectivity index (χ3v) is 11.5. The minimum Gasteiger partial charge on any atom is -0.444 e. The maximum Gasteiger partial charge on any atom is 0.410 e. The highest BCUT2D eigenvalue weighted by molar-refractivity contribution is 5.89. The largest absolute Gasteiger partial charge is 0.444 e. The van der Waals surface area contributed by atoms with Crippen LogP contribution in [-0.2, 0) is 33.4 Å². The smallest absolute Gasteiger partial charge is 0.410 e. The Morgan fingerprint density at radius 3 is 2.16 bits per heavy atom. The lowest BCUT2D eigenvalue weighted by Crippen LogP contribution is -2.58. The van der Waals surface area contributed by atoms with Gasteiger partial charge in [0.1, 0.15) is 11.6 Å². The van der Waals surface area contributed by atoms with E-state index in [1.165, 1.54) is 4.90 Å². The Bertz CT molecular complexity index is 1410. The Morgan fingerprint density at radius 1 is 0.929 bits per heavy atom. The van der Waals surface area contributed by atoms with Crippen LogP contribution in [0.4, 0.5) is 4.79 Å². The van der Waals surface area contributed by atoms with Crippen molar-refractivity contribution < 1.29 is 38.2 Å². The number of allylic oxidation sites excluding steroid dienone is 6. The lowest BCUT2D eigenvalue weighted by molar-refractivity contribution is -0.147. The highest BCUT2D eigenvalue weighted by Crippen LogP contribution is 2.30. The van der Waals surface area contributed by atoms with Crippen molar-refractivity contribution in [1.29, 1.82) is 0 Å². The summed E-state index contributed by atoms with van der Waals surface area (Å²) in [5, 5.41) is 6.07. The third kappa shape index (κ3) is 12.9. The van der Waals surface area contributed by atoms with Crippen LogP contribution in [0.25, 0.3) is 0 Å². The summed E-state index contributed by atoms with van der Waals surface area (Å²) in [6.07, 6.45) is 14.2. The molecule has 2 N–H and O–H groups in total. The van der Waals surface area contributed by atoms with E-state index in [4.69, 9.17) is 14.2 Å². The minimum absolute atomic E-state index is 0.0347. The monoisotopic (exact) mass is 786 g/mol. The number of hydrogen-bond donors (Lipinski definition) is 2. The molecule has 3 rings (SSSR count). The average Bonchev–Trinajstić information content (AvgIpc) is 3.78. The first kappa shape index (κ1) is 46.7. The van der Waals surface area contributed by atoms with Crippen LogP contribution in [0.1, 0.15) is 93.9 Å². The molecule has 56 heavy (non-hydrogen) atoms. The summed E-state index contributed by atoms with van der Waals surface area (Å²) in [5.74, 6) is -1.74. The maximum atomic E-state index is 14.3. The highest BCUT2D eigenvalue weighted by atomic mass is 16.6. The first-order valence-electron chi connectivity index (χ1n) is 20.6. The van der Waals surface area contributed by atoms with Gasteiger partial charge in [0.2, 0.25) is 23.6 Å². The molecule has 316 valence electrons. The number of carbonyl (C=O) groups is 5. The van der Waals surface area contributed by atoms with Gasteiger partial charge < -0.3 is 39.5 Å². The van der Waals surface area contributed by atoms with Crippen molar-refractivity contribution >= 4 is 29.7 Å². The van der Waals surface area contributed by atoms with E-state index in [0.717, 1.165) is 19.3 Å². The summed E-state index contributed by atoms with van der Waals surface area (Å²) >= 11 is 0. The van der Waals surface area contributed by atoms with Gasteiger partial charge in [0.05, 0.1) is 42.5 Å². The summed E-state index contributed by atoms with van der Waals surface area (Å²) in [4.78, 5) is 73.0. The van der Waals surface area contributed by atoms with Gasteiger partial charge in [0.15, 0.2) is 0 Å². The van der Waals surface area contributed by atoms with Crippen LogP contribution >= 0.6 is 0 Å². The highest BCUT2D eigenvalue weighted by Gasteiger charge is 2.43. The molecule has 0 saturated carbocycles. The zero-order valence-electron chi connectivity index (χ0n) is 35.9. The van der Waals surface area contributed by atoms with Crippen molar-refractivity contribution in [3.63, 3.8) is 0 Å². The number of nitrogens with zero attached hydrogens (tertiary/aromatic N) is 3. The lowest BCUT2D eigenvalue weighted by atomic mass is 9.89. The van der Waals surface area contributed by atoms with Crippen molar-refractivity contribution in [3.05, 3.63) is 36.5 Å². The minimum atomic E-state index is -0.821.